The summed E-state index contributed by atoms with van der Waals surface area (Å²) in [6.45, 7) is 5.22. The minimum atomic E-state index is 0.169. The largest absolute Gasteiger partial charge is 0.163 e. The van der Waals surface area contributed by atoms with Crippen molar-refractivity contribution in [2.45, 2.75) is 12.2 Å². The van der Waals surface area contributed by atoms with Crippen LogP contribution < -0.4 is 0 Å². The monoisotopic (exact) mass is 99.0 g/mol. The molecule has 0 heterocycles. The fourth-order valence-corrected chi connectivity index (χ4v) is 0.239. The van der Waals surface area contributed by atoms with Crippen LogP contribution in [0.3, 0.4) is 0 Å². The zero-order valence-electron chi connectivity index (χ0n) is 3.73. The first-order valence-corrected chi connectivity index (χ1v) is 2.24. The van der Waals surface area contributed by atoms with Crippen molar-refractivity contribution in [2.75, 3.05) is 0 Å². The molecule has 0 saturated carbocycles. The molecule has 0 aromatic carbocycles. The Morgan fingerprint density at radius 2 is 2.33 bits per heavy atom. The lowest BCUT2D eigenvalue weighted by molar-refractivity contribution is 1.32. The summed E-state index contributed by atoms with van der Waals surface area (Å²) in [6.07, 6.45) is 0. The summed E-state index contributed by atoms with van der Waals surface area (Å²) in [5.74, 6) is 5.20. The summed E-state index contributed by atoms with van der Waals surface area (Å²) < 4.78 is 0. The molecule has 0 saturated heterocycles. The van der Waals surface area contributed by atoms with Gasteiger partial charge >= 0.3 is 0 Å². The van der Waals surface area contributed by atoms with E-state index < -0.39 is 0 Å². The highest BCUT2D eigenvalue weighted by atomic mass is 32.1. The van der Waals surface area contributed by atoms with Gasteiger partial charge in [-0.05, 0) is 6.92 Å². The number of rotatable bonds is 0. The second-order valence-corrected chi connectivity index (χ2v) is 1.77. The van der Waals surface area contributed by atoms with E-state index in [-0.39, 0.29) is 5.25 Å². The Morgan fingerprint density at radius 1 is 1.83 bits per heavy atom. The van der Waals surface area contributed by atoms with Crippen LogP contribution in [-0.2, 0) is 0 Å². The molecule has 0 aromatic heterocycles. The fraction of sp³-hybridized carbons (Fsp3) is 0.400. The molecule has 0 amide bonds. The first-order valence-electron chi connectivity index (χ1n) is 1.73. The average Bonchev–Trinajstić information content (AvgIpc) is 1.35. The molecule has 0 spiro atoms. The molecule has 0 aliphatic carbocycles. The quantitative estimate of drug-likeness (QED) is 0.342. The van der Waals surface area contributed by atoms with Crippen molar-refractivity contribution < 1.29 is 0 Å². The highest BCUT2D eigenvalue weighted by Crippen LogP contribution is 1.85. The third-order valence-electron chi connectivity index (χ3n) is 0.311. The molecule has 0 aromatic rings. The Morgan fingerprint density at radius 3 is 2.33 bits per heavy atom. The normalized spacial score (nSPS) is 11.8. The van der Waals surface area contributed by atoms with Crippen LogP contribution >= 0.6 is 12.6 Å². The topological polar surface area (TPSA) is 0 Å². The molecule has 1 heteroatoms. The number of hydrogen-bond acceptors (Lipinski definition) is 1. The molecule has 6 heavy (non-hydrogen) atoms. The first-order chi connectivity index (χ1) is 2.77. The lowest BCUT2D eigenvalue weighted by Gasteiger charge is -1.81. The molecule has 1 atom stereocenters. The van der Waals surface area contributed by atoms with Crippen LogP contribution in [0.25, 0.3) is 0 Å². The molecule has 1 unspecified atom stereocenters. The van der Waals surface area contributed by atoms with Gasteiger partial charge in [-0.1, -0.05) is 5.92 Å². The van der Waals surface area contributed by atoms with Gasteiger partial charge in [-0.25, -0.2) is 0 Å². The van der Waals surface area contributed by atoms with Gasteiger partial charge in [-0.3, -0.25) is 0 Å². The smallest absolute Gasteiger partial charge is 0.0598 e. The maximum Gasteiger partial charge on any atom is 0.0598 e. The molecule has 0 bridgehead atoms. The van der Waals surface area contributed by atoms with E-state index in [0.717, 1.165) is 0 Å². The minimum Gasteiger partial charge on any atom is -0.163 e. The van der Waals surface area contributed by atoms with Gasteiger partial charge in [-0.2, -0.15) is 12.6 Å². The van der Waals surface area contributed by atoms with Gasteiger partial charge in [-0.15, -0.1) is 5.92 Å². The van der Waals surface area contributed by atoms with Crippen molar-refractivity contribution in [2.24, 2.45) is 0 Å². The van der Waals surface area contributed by atoms with Crippen molar-refractivity contribution in [3.05, 3.63) is 6.92 Å². The van der Waals surface area contributed by atoms with Gasteiger partial charge in [0, 0.05) is 6.92 Å². The molecule has 0 N–H and O–H groups in total. The summed E-state index contributed by atoms with van der Waals surface area (Å²) in [7, 11) is 0. The maximum atomic E-state index is 3.96. The SMILES string of the molecule is [CH2]C#CC(C)S. The lowest BCUT2D eigenvalue weighted by Crippen LogP contribution is -1.79. The molecule has 0 fully saturated rings. The summed E-state index contributed by atoms with van der Waals surface area (Å²) in [5, 5.41) is 0.169. The highest BCUT2D eigenvalue weighted by molar-refractivity contribution is 7.81. The maximum absolute atomic E-state index is 3.96. The van der Waals surface area contributed by atoms with E-state index >= 15 is 0 Å². The van der Waals surface area contributed by atoms with Gasteiger partial charge < -0.3 is 0 Å². The van der Waals surface area contributed by atoms with Crippen LogP contribution in [0.4, 0.5) is 0 Å². The zero-order chi connectivity index (χ0) is 4.99. The van der Waals surface area contributed by atoms with Gasteiger partial charge in [0.25, 0.3) is 0 Å². The van der Waals surface area contributed by atoms with Gasteiger partial charge in [0.15, 0.2) is 0 Å². The fourth-order valence-electron chi connectivity index (χ4n) is 0.148. The summed E-state index contributed by atoms with van der Waals surface area (Å²) in [6, 6.07) is 0. The van der Waals surface area contributed by atoms with Gasteiger partial charge in [0.2, 0.25) is 0 Å². The van der Waals surface area contributed by atoms with Gasteiger partial charge in [0.05, 0.1) is 5.25 Å². The molecule has 33 valence electrons. The van der Waals surface area contributed by atoms with E-state index in [1.54, 1.807) is 0 Å². The Hall–Kier alpha value is -0.0900. The Kier molecular flexibility index (Phi) is 3.07. The Bertz CT molecular complexity index is 73.7. The van der Waals surface area contributed by atoms with Crippen molar-refractivity contribution >= 4 is 12.6 Å². The molecular weight excluding hydrogens is 92.1 g/mol. The number of thiol groups is 1. The van der Waals surface area contributed by atoms with Crippen molar-refractivity contribution in [1.82, 2.24) is 0 Å². The highest BCUT2D eigenvalue weighted by Gasteiger charge is 1.76. The van der Waals surface area contributed by atoms with Crippen molar-refractivity contribution in [3.8, 4) is 11.8 Å². The minimum absolute atomic E-state index is 0.169. The zero-order valence-corrected chi connectivity index (χ0v) is 4.63. The van der Waals surface area contributed by atoms with Gasteiger partial charge in [0.1, 0.15) is 0 Å². The van der Waals surface area contributed by atoms with Crippen molar-refractivity contribution in [3.63, 3.8) is 0 Å². The summed E-state index contributed by atoms with van der Waals surface area (Å²) in [4.78, 5) is 0. The van der Waals surface area contributed by atoms with E-state index in [9.17, 15) is 0 Å². The lowest BCUT2D eigenvalue weighted by atomic mass is 10.5. The number of hydrogen-bond donors (Lipinski definition) is 1. The van der Waals surface area contributed by atoms with Crippen LogP contribution in [0.2, 0.25) is 0 Å². The van der Waals surface area contributed by atoms with Crippen LogP contribution in [0.15, 0.2) is 0 Å². The molecule has 1 radical (unpaired) electrons. The van der Waals surface area contributed by atoms with Crippen LogP contribution in [0.1, 0.15) is 6.92 Å². The van der Waals surface area contributed by atoms with Crippen LogP contribution in [0.5, 0.6) is 0 Å². The Labute approximate surface area is 44.4 Å². The predicted molar refractivity (Wildman–Crippen MR) is 31.6 cm³/mol. The first kappa shape index (κ1) is 5.91. The molecule has 0 aliphatic heterocycles. The van der Waals surface area contributed by atoms with Crippen LogP contribution in [0, 0.1) is 18.8 Å². The van der Waals surface area contributed by atoms with Crippen LogP contribution in [-0.4, -0.2) is 5.25 Å². The molecule has 0 aliphatic rings. The van der Waals surface area contributed by atoms with E-state index in [1.807, 2.05) is 6.92 Å². The van der Waals surface area contributed by atoms with E-state index in [1.165, 1.54) is 0 Å². The average molecular weight is 99.2 g/mol. The van der Waals surface area contributed by atoms with E-state index in [2.05, 4.69) is 31.4 Å². The van der Waals surface area contributed by atoms with E-state index in [4.69, 9.17) is 0 Å². The van der Waals surface area contributed by atoms with E-state index in [0.29, 0.717) is 0 Å². The molecule has 0 nitrogen and oxygen atoms in total. The standard InChI is InChI=1S/C5H7S/c1-3-4-5(2)6/h5-6H,1H2,2H3. The summed E-state index contributed by atoms with van der Waals surface area (Å²) in [5.41, 5.74) is 0. The third kappa shape index (κ3) is 3.91. The second kappa shape index (κ2) is 3.11. The molecule has 0 rings (SSSR count). The second-order valence-electron chi connectivity index (χ2n) is 0.997. The Balaban J connectivity index is 3.20. The summed E-state index contributed by atoms with van der Waals surface area (Å²) >= 11 is 3.96. The molecular formula is C5H7S. The third-order valence-corrected chi connectivity index (χ3v) is 0.440. The predicted octanol–water partition coefficient (Wildman–Crippen LogP) is 1.14. The van der Waals surface area contributed by atoms with Crippen molar-refractivity contribution in [1.29, 1.82) is 0 Å².